The quantitative estimate of drug-likeness (QED) is 0.257. The number of carbonyl (C=O) groups is 1. The molecule has 7 nitrogen and oxygen atoms in total. The average molecular weight is 340 g/mol. The van der Waals surface area contributed by atoms with Gasteiger partial charge in [0.05, 0.1) is 11.0 Å². The van der Waals surface area contributed by atoms with Crippen LogP contribution in [0.3, 0.4) is 0 Å². The average Bonchev–Trinajstić information content (AvgIpc) is 3.08. The van der Waals surface area contributed by atoms with Gasteiger partial charge >= 0.3 is 5.97 Å². The largest absolute Gasteiger partial charge is 0.459 e. The fraction of sp³-hybridized carbons (Fsp3) is 0.222. The van der Waals surface area contributed by atoms with Gasteiger partial charge in [-0.05, 0) is 25.5 Å². The van der Waals surface area contributed by atoms with Gasteiger partial charge in [-0.15, -0.1) is 0 Å². The number of nitro groups is 1. The maximum atomic E-state index is 11.9. The Bertz CT molecular complexity index is 860. The standard InChI is InChI=1S/C18H16N2O5/c1-3-12(2)24-18(21)14(11-19)10-16-7-8-17(25-16)13-5-4-6-15(9-13)20(22)23/h4-10,12H,3H2,1-2H3/b14-10+/t12-/m1/s1. The first-order valence-electron chi connectivity index (χ1n) is 7.62. The van der Waals surface area contributed by atoms with Crippen LogP contribution in [0.15, 0.2) is 46.4 Å². The maximum Gasteiger partial charge on any atom is 0.349 e. The van der Waals surface area contributed by atoms with Gasteiger partial charge in [0.15, 0.2) is 0 Å². The molecule has 0 bridgehead atoms. The van der Waals surface area contributed by atoms with E-state index in [0.717, 1.165) is 0 Å². The number of furan rings is 1. The van der Waals surface area contributed by atoms with Crippen molar-refractivity contribution in [2.75, 3.05) is 0 Å². The molecular formula is C18H16N2O5. The second kappa shape index (κ2) is 7.93. The highest BCUT2D eigenvalue weighted by Gasteiger charge is 2.15. The van der Waals surface area contributed by atoms with Crippen LogP contribution in [-0.4, -0.2) is 17.0 Å². The van der Waals surface area contributed by atoms with Crippen LogP contribution in [0.25, 0.3) is 17.4 Å². The fourth-order valence-corrected chi connectivity index (χ4v) is 1.97. The van der Waals surface area contributed by atoms with Gasteiger partial charge in [0.2, 0.25) is 0 Å². The van der Waals surface area contributed by atoms with Gasteiger partial charge in [-0.25, -0.2) is 4.79 Å². The van der Waals surface area contributed by atoms with Crippen molar-refractivity contribution in [2.24, 2.45) is 0 Å². The van der Waals surface area contributed by atoms with E-state index in [1.54, 1.807) is 37.3 Å². The molecule has 1 aromatic carbocycles. The van der Waals surface area contributed by atoms with E-state index in [0.29, 0.717) is 17.7 Å². The third-order valence-electron chi connectivity index (χ3n) is 3.48. The number of carbonyl (C=O) groups excluding carboxylic acids is 1. The summed E-state index contributed by atoms with van der Waals surface area (Å²) in [6.45, 7) is 3.60. The van der Waals surface area contributed by atoms with Crippen molar-refractivity contribution in [2.45, 2.75) is 26.4 Å². The predicted octanol–water partition coefficient (Wildman–Crippen LogP) is 4.10. The normalized spacial score (nSPS) is 12.3. The Morgan fingerprint density at radius 2 is 2.20 bits per heavy atom. The first-order valence-corrected chi connectivity index (χ1v) is 7.62. The van der Waals surface area contributed by atoms with Gasteiger partial charge in [-0.1, -0.05) is 19.1 Å². The number of nitriles is 1. The summed E-state index contributed by atoms with van der Waals surface area (Å²) in [5, 5.41) is 20.0. The molecule has 0 radical (unpaired) electrons. The van der Waals surface area contributed by atoms with Crippen LogP contribution in [0, 0.1) is 21.4 Å². The van der Waals surface area contributed by atoms with Crippen molar-refractivity contribution in [3.05, 3.63) is 57.8 Å². The molecule has 0 unspecified atom stereocenters. The molecule has 7 heteroatoms. The van der Waals surface area contributed by atoms with Crippen LogP contribution in [-0.2, 0) is 9.53 Å². The number of non-ortho nitro benzene ring substituents is 1. The molecular weight excluding hydrogens is 324 g/mol. The monoisotopic (exact) mass is 340 g/mol. The van der Waals surface area contributed by atoms with Crippen molar-refractivity contribution in [3.63, 3.8) is 0 Å². The molecule has 0 aliphatic carbocycles. The summed E-state index contributed by atoms with van der Waals surface area (Å²) in [5.41, 5.74) is 0.288. The molecule has 2 rings (SSSR count). The van der Waals surface area contributed by atoms with Gasteiger partial charge in [0.1, 0.15) is 23.2 Å². The SMILES string of the molecule is CC[C@@H](C)OC(=O)/C(C#N)=C/c1ccc(-c2cccc([N+](=O)[O-])c2)o1. The van der Waals surface area contributed by atoms with E-state index in [1.165, 1.54) is 18.2 Å². The molecule has 1 heterocycles. The molecule has 0 spiro atoms. The zero-order valence-electron chi connectivity index (χ0n) is 13.8. The van der Waals surface area contributed by atoms with Gasteiger partial charge in [0.25, 0.3) is 5.69 Å². The molecule has 0 N–H and O–H groups in total. The molecule has 0 amide bonds. The van der Waals surface area contributed by atoms with E-state index in [1.807, 2.05) is 6.92 Å². The van der Waals surface area contributed by atoms with Crippen molar-refractivity contribution < 1.29 is 18.9 Å². The predicted molar refractivity (Wildman–Crippen MR) is 90.2 cm³/mol. The van der Waals surface area contributed by atoms with E-state index in [9.17, 15) is 14.9 Å². The van der Waals surface area contributed by atoms with Crippen molar-refractivity contribution in [1.82, 2.24) is 0 Å². The summed E-state index contributed by atoms with van der Waals surface area (Å²) in [4.78, 5) is 22.3. The second-order valence-corrected chi connectivity index (χ2v) is 5.30. The highest BCUT2D eigenvalue weighted by Crippen LogP contribution is 2.26. The Balaban J connectivity index is 2.25. The number of benzene rings is 1. The smallest absolute Gasteiger partial charge is 0.349 e. The number of nitrogens with zero attached hydrogens (tertiary/aromatic N) is 2. The van der Waals surface area contributed by atoms with E-state index >= 15 is 0 Å². The van der Waals surface area contributed by atoms with Crippen LogP contribution >= 0.6 is 0 Å². The molecule has 2 aromatic rings. The summed E-state index contributed by atoms with van der Waals surface area (Å²) >= 11 is 0. The van der Waals surface area contributed by atoms with E-state index < -0.39 is 10.9 Å². The lowest BCUT2D eigenvalue weighted by atomic mass is 10.1. The Morgan fingerprint density at radius 1 is 1.44 bits per heavy atom. The number of hydrogen-bond donors (Lipinski definition) is 0. The number of rotatable bonds is 6. The Kier molecular flexibility index (Phi) is 5.69. The number of ether oxygens (including phenoxy) is 1. The van der Waals surface area contributed by atoms with Crippen molar-refractivity contribution in [1.29, 1.82) is 5.26 Å². The lowest BCUT2D eigenvalue weighted by Crippen LogP contribution is -2.15. The third kappa shape index (κ3) is 4.54. The van der Waals surface area contributed by atoms with Crippen LogP contribution in [0.5, 0.6) is 0 Å². The summed E-state index contributed by atoms with van der Waals surface area (Å²) < 4.78 is 10.7. The summed E-state index contributed by atoms with van der Waals surface area (Å²) in [6.07, 6.45) is 1.63. The van der Waals surface area contributed by atoms with Gasteiger partial charge in [-0.2, -0.15) is 5.26 Å². The van der Waals surface area contributed by atoms with Crippen LogP contribution in [0.1, 0.15) is 26.0 Å². The van der Waals surface area contributed by atoms with Gasteiger partial charge in [0, 0.05) is 23.8 Å². The molecule has 0 saturated carbocycles. The fourth-order valence-electron chi connectivity index (χ4n) is 1.97. The van der Waals surface area contributed by atoms with Crippen molar-refractivity contribution in [3.8, 4) is 17.4 Å². The Labute approximate surface area is 144 Å². The van der Waals surface area contributed by atoms with E-state index in [2.05, 4.69) is 0 Å². The van der Waals surface area contributed by atoms with Crippen molar-refractivity contribution >= 4 is 17.7 Å². The minimum absolute atomic E-state index is 0.0548. The Morgan fingerprint density at radius 3 is 2.84 bits per heavy atom. The molecule has 0 aliphatic heterocycles. The molecule has 1 aromatic heterocycles. The molecule has 25 heavy (non-hydrogen) atoms. The topological polar surface area (TPSA) is 106 Å². The zero-order chi connectivity index (χ0) is 18.4. The number of nitro benzene ring substituents is 1. The first-order chi connectivity index (χ1) is 11.9. The lowest BCUT2D eigenvalue weighted by molar-refractivity contribution is -0.384. The number of hydrogen-bond acceptors (Lipinski definition) is 6. The Hall–Kier alpha value is -3.40. The van der Waals surface area contributed by atoms with E-state index in [4.69, 9.17) is 14.4 Å². The molecule has 1 atom stereocenters. The molecule has 0 saturated heterocycles. The minimum atomic E-state index is -0.717. The molecule has 0 aliphatic rings. The second-order valence-electron chi connectivity index (χ2n) is 5.30. The highest BCUT2D eigenvalue weighted by atomic mass is 16.6. The van der Waals surface area contributed by atoms with Gasteiger partial charge < -0.3 is 9.15 Å². The lowest BCUT2D eigenvalue weighted by Gasteiger charge is -2.09. The van der Waals surface area contributed by atoms with E-state index in [-0.39, 0.29) is 23.1 Å². The number of esters is 1. The molecule has 128 valence electrons. The minimum Gasteiger partial charge on any atom is -0.459 e. The highest BCUT2D eigenvalue weighted by molar-refractivity contribution is 5.97. The van der Waals surface area contributed by atoms with Crippen LogP contribution < -0.4 is 0 Å². The van der Waals surface area contributed by atoms with Crippen LogP contribution in [0.4, 0.5) is 5.69 Å². The van der Waals surface area contributed by atoms with Gasteiger partial charge in [-0.3, -0.25) is 10.1 Å². The van der Waals surface area contributed by atoms with Crippen LogP contribution in [0.2, 0.25) is 0 Å². The first kappa shape index (κ1) is 17.9. The molecule has 0 fully saturated rings. The zero-order valence-corrected chi connectivity index (χ0v) is 13.8. The third-order valence-corrected chi connectivity index (χ3v) is 3.48. The summed E-state index contributed by atoms with van der Waals surface area (Å²) in [6, 6.07) is 11.0. The summed E-state index contributed by atoms with van der Waals surface area (Å²) in [7, 11) is 0. The maximum absolute atomic E-state index is 11.9. The summed E-state index contributed by atoms with van der Waals surface area (Å²) in [5.74, 6) is -0.0492.